The van der Waals surface area contributed by atoms with Crippen molar-refractivity contribution in [2.45, 2.75) is 12.2 Å². The molecule has 0 spiro atoms. The molecule has 0 fully saturated rings. The fourth-order valence-electron chi connectivity index (χ4n) is 1.28. The standard InChI is InChI=1S/C12H14ClNO3S/c1-3-7-18(16,17)9(2)12(15)14-11-6-4-5-10(13)8-11/h3-6,8-9H,1,7H2,2H3,(H,14,15). The highest BCUT2D eigenvalue weighted by atomic mass is 35.5. The van der Waals surface area contributed by atoms with Gasteiger partial charge < -0.3 is 5.32 Å². The summed E-state index contributed by atoms with van der Waals surface area (Å²) >= 11 is 5.76. The van der Waals surface area contributed by atoms with E-state index in [9.17, 15) is 13.2 Å². The number of carbonyl (C=O) groups excluding carboxylic acids is 1. The maximum absolute atomic E-state index is 11.8. The molecule has 1 unspecified atom stereocenters. The lowest BCUT2D eigenvalue weighted by molar-refractivity contribution is -0.115. The van der Waals surface area contributed by atoms with Gasteiger partial charge in [-0.05, 0) is 25.1 Å². The second kappa shape index (κ2) is 6.02. The van der Waals surface area contributed by atoms with Crippen LogP contribution in [0.4, 0.5) is 5.69 Å². The molecule has 0 saturated heterocycles. The SMILES string of the molecule is C=CCS(=O)(=O)C(C)C(=O)Nc1cccc(Cl)c1. The summed E-state index contributed by atoms with van der Waals surface area (Å²) in [6.07, 6.45) is 1.26. The smallest absolute Gasteiger partial charge is 0.242 e. The number of nitrogens with one attached hydrogen (secondary N) is 1. The number of benzene rings is 1. The third-order valence-corrected chi connectivity index (χ3v) is 4.58. The molecule has 0 aliphatic rings. The van der Waals surface area contributed by atoms with Crippen LogP contribution in [0.1, 0.15) is 6.92 Å². The second-order valence-electron chi connectivity index (χ2n) is 3.76. The highest BCUT2D eigenvalue weighted by Gasteiger charge is 2.26. The summed E-state index contributed by atoms with van der Waals surface area (Å²) in [6.45, 7) is 4.70. The van der Waals surface area contributed by atoms with Gasteiger partial charge in [-0.2, -0.15) is 0 Å². The lowest BCUT2D eigenvalue weighted by Gasteiger charge is -2.12. The Hall–Kier alpha value is -1.33. The summed E-state index contributed by atoms with van der Waals surface area (Å²) in [5.74, 6) is -0.809. The monoisotopic (exact) mass is 287 g/mol. The molecule has 1 atom stereocenters. The molecule has 18 heavy (non-hydrogen) atoms. The lowest BCUT2D eigenvalue weighted by atomic mass is 10.3. The van der Waals surface area contributed by atoms with Crippen LogP contribution in [-0.4, -0.2) is 25.3 Å². The molecule has 0 aliphatic carbocycles. The van der Waals surface area contributed by atoms with Gasteiger partial charge in [0.05, 0.1) is 5.75 Å². The van der Waals surface area contributed by atoms with Crippen LogP contribution in [0, 0.1) is 0 Å². The van der Waals surface area contributed by atoms with Crippen LogP contribution in [0.25, 0.3) is 0 Å². The number of hydrogen-bond acceptors (Lipinski definition) is 3. The van der Waals surface area contributed by atoms with E-state index in [0.29, 0.717) is 10.7 Å². The number of anilines is 1. The number of halogens is 1. The van der Waals surface area contributed by atoms with Crippen molar-refractivity contribution in [1.82, 2.24) is 0 Å². The third kappa shape index (κ3) is 3.85. The van der Waals surface area contributed by atoms with Crippen molar-refractivity contribution in [2.24, 2.45) is 0 Å². The largest absolute Gasteiger partial charge is 0.325 e. The molecular weight excluding hydrogens is 274 g/mol. The van der Waals surface area contributed by atoms with E-state index in [1.54, 1.807) is 24.3 Å². The molecule has 0 radical (unpaired) electrons. The number of sulfone groups is 1. The lowest BCUT2D eigenvalue weighted by Crippen LogP contribution is -2.33. The van der Waals surface area contributed by atoms with E-state index in [1.165, 1.54) is 13.0 Å². The Morgan fingerprint density at radius 1 is 1.56 bits per heavy atom. The zero-order valence-corrected chi connectivity index (χ0v) is 11.5. The van der Waals surface area contributed by atoms with Crippen molar-refractivity contribution < 1.29 is 13.2 Å². The van der Waals surface area contributed by atoms with E-state index >= 15 is 0 Å². The number of hydrogen-bond donors (Lipinski definition) is 1. The molecular formula is C12H14ClNO3S. The summed E-state index contributed by atoms with van der Waals surface area (Å²) in [7, 11) is -3.50. The van der Waals surface area contributed by atoms with Gasteiger partial charge in [0.1, 0.15) is 5.25 Å². The summed E-state index contributed by atoms with van der Waals surface area (Å²) in [4.78, 5) is 11.8. The van der Waals surface area contributed by atoms with E-state index in [2.05, 4.69) is 11.9 Å². The maximum Gasteiger partial charge on any atom is 0.242 e. The molecule has 6 heteroatoms. The molecule has 1 aromatic carbocycles. The fourth-order valence-corrected chi connectivity index (χ4v) is 2.47. The van der Waals surface area contributed by atoms with Gasteiger partial charge >= 0.3 is 0 Å². The Kier molecular flexibility index (Phi) is 4.93. The third-order valence-electron chi connectivity index (χ3n) is 2.35. The average molecular weight is 288 g/mol. The van der Waals surface area contributed by atoms with E-state index in [4.69, 9.17) is 11.6 Å². The zero-order valence-electron chi connectivity index (χ0n) is 9.89. The van der Waals surface area contributed by atoms with Gasteiger partial charge in [0.2, 0.25) is 5.91 Å². The molecule has 0 saturated carbocycles. The first-order valence-electron chi connectivity index (χ1n) is 5.25. The molecule has 98 valence electrons. The molecule has 0 aliphatic heterocycles. The first-order chi connectivity index (χ1) is 8.36. The van der Waals surface area contributed by atoms with Crippen LogP contribution in [0.3, 0.4) is 0 Å². The number of rotatable bonds is 5. The van der Waals surface area contributed by atoms with Crippen molar-refractivity contribution in [1.29, 1.82) is 0 Å². The van der Waals surface area contributed by atoms with Gasteiger partial charge in [0.15, 0.2) is 9.84 Å². The van der Waals surface area contributed by atoms with Crippen LogP contribution in [-0.2, 0) is 14.6 Å². The van der Waals surface area contributed by atoms with Crippen LogP contribution in [0.5, 0.6) is 0 Å². The average Bonchev–Trinajstić information content (AvgIpc) is 2.27. The maximum atomic E-state index is 11.8. The Bertz CT molecular complexity index is 554. The minimum absolute atomic E-state index is 0.225. The summed E-state index contributed by atoms with van der Waals surface area (Å²) in [5.41, 5.74) is 0.466. The molecule has 0 bridgehead atoms. The highest BCUT2D eigenvalue weighted by Crippen LogP contribution is 2.16. The molecule has 1 rings (SSSR count). The van der Waals surface area contributed by atoms with Crippen molar-refractivity contribution in [2.75, 3.05) is 11.1 Å². The number of amides is 1. The summed E-state index contributed by atoms with van der Waals surface area (Å²) < 4.78 is 23.3. The van der Waals surface area contributed by atoms with E-state index < -0.39 is 21.0 Å². The quantitative estimate of drug-likeness (QED) is 0.845. The number of carbonyl (C=O) groups is 1. The first kappa shape index (κ1) is 14.7. The minimum Gasteiger partial charge on any atom is -0.325 e. The summed E-state index contributed by atoms with van der Waals surface area (Å²) in [6, 6.07) is 6.51. The second-order valence-corrected chi connectivity index (χ2v) is 6.56. The van der Waals surface area contributed by atoms with Gasteiger partial charge in [-0.25, -0.2) is 8.42 Å². The van der Waals surface area contributed by atoms with Crippen LogP contribution >= 0.6 is 11.6 Å². The minimum atomic E-state index is -3.50. The first-order valence-corrected chi connectivity index (χ1v) is 7.35. The molecule has 1 N–H and O–H groups in total. The molecule has 1 aromatic rings. The highest BCUT2D eigenvalue weighted by molar-refractivity contribution is 7.92. The van der Waals surface area contributed by atoms with Crippen molar-refractivity contribution in [3.8, 4) is 0 Å². The van der Waals surface area contributed by atoms with Crippen LogP contribution < -0.4 is 5.32 Å². The van der Waals surface area contributed by atoms with Gasteiger partial charge in [-0.1, -0.05) is 23.7 Å². The Balaban J connectivity index is 2.80. The van der Waals surface area contributed by atoms with Crippen molar-refractivity contribution in [3.63, 3.8) is 0 Å². The fraction of sp³-hybridized carbons (Fsp3) is 0.250. The van der Waals surface area contributed by atoms with Crippen LogP contribution in [0.2, 0.25) is 5.02 Å². The van der Waals surface area contributed by atoms with Gasteiger partial charge in [-0.3, -0.25) is 4.79 Å². The Morgan fingerprint density at radius 2 is 2.22 bits per heavy atom. The van der Waals surface area contributed by atoms with Crippen LogP contribution in [0.15, 0.2) is 36.9 Å². The van der Waals surface area contributed by atoms with Gasteiger partial charge in [0, 0.05) is 10.7 Å². The topological polar surface area (TPSA) is 63.2 Å². The molecule has 0 heterocycles. The zero-order chi connectivity index (χ0) is 13.8. The molecule has 0 aromatic heterocycles. The normalized spacial score (nSPS) is 12.8. The Labute approximate surface area is 112 Å². The molecule has 1 amide bonds. The van der Waals surface area contributed by atoms with Gasteiger partial charge in [-0.15, -0.1) is 6.58 Å². The van der Waals surface area contributed by atoms with Gasteiger partial charge in [0.25, 0.3) is 0 Å². The molecule has 4 nitrogen and oxygen atoms in total. The predicted octanol–water partition coefficient (Wildman–Crippen LogP) is 2.27. The van der Waals surface area contributed by atoms with Crippen molar-refractivity contribution in [3.05, 3.63) is 41.9 Å². The van der Waals surface area contributed by atoms with E-state index in [1.807, 2.05) is 0 Å². The van der Waals surface area contributed by atoms with E-state index in [-0.39, 0.29) is 5.75 Å². The Morgan fingerprint density at radius 3 is 2.78 bits per heavy atom. The predicted molar refractivity (Wildman–Crippen MR) is 73.5 cm³/mol. The van der Waals surface area contributed by atoms with E-state index in [0.717, 1.165) is 0 Å². The summed E-state index contributed by atoms with van der Waals surface area (Å²) in [5, 5.41) is 1.85. The van der Waals surface area contributed by atoms with Crippen molar-refractivity contribution >= 4 is 33.0 Å².